The van der Waals surface area contributed by atoms with Crippen molar-refractivity contribution >= 4 is 0 Å². The molecule has 0 heterocycles. The minimum Gasteiger partial charge on any atom is -0.489 e. The van der Waals surface area contributed by atoms with Crippen LogP contribution in [0.5, 0.6) is 5.75 Å². The van der Waals surface area contributed by atoms with E-state index in [9.17, 15) is 8.78 Å². The van der Waals surface area contributed by atoms with Crippen molar-refractivity contribution in [2.45, 2.75) is 6.61 Å². The highest BCUT2D eigenvalue weighted by Gasteiger charge is 2.07. The third-order valence-electron chi connectivity index (χ3n) is 2.41. The molecule has 0 atom stereocenters. The number of nitriles is 1. The van der Waals surface area contributed by atoms with Crippen LogP contribution in [0.2, 0.25) is 0 Å². The maximum atomic E-state index is 13.3. The lowest BCUT2D eigenvalue weighted by Crippen LogP contribution is -2.00. The predicted molar refractivity (Wildman–Crippen MR) is 61.8 cm³/mol. The topological polar surface area (TPSA) is 33.0 Å². The zero-order chi connectivity index (χ0) is 13.0. The number of rotatable bonds is 3. The highest BCUT2D eigenvalue weighted by molar-refractivity contribution is 5.34. The molecule has 0 N–H and O–H groups in total. The van der Waals surface area contributed by atoms with Crippen LogP contribution in [0.25, 0.3) is 0 Å². The fourth-order valence-electron chi connectivity index (χ4n) is 1.45. The van der Waals surface area contributed by atoms with Crippen LogP contribution in [0.4, 0.5) is 8.78 Å². The Morgan fingerprint density at radius 2 is 1.78 bits per heavy atom. The highest BCUT2D eigenvalue weighted by atomic mass is 19.2. The lowest BCUT2D eigenvalue weighted by Gasteiger charge is -2.07. The average Bonchev–Trinajstić information content (AvgIpc) is 2.41. The van der Waals surface area contributed by atoms with Gasteiger partial charge >= 0.3 is 0 Å². The molecule has 0 amide bonds. The van der Waals surface area contributed by atoms with Crippen LogP contribution in [-0.4, -0.2) is 0 Å². The number of nitrogens with zero attached hydrogens (tertiary/aromatic N) is 1. The molecule has 0 aliphatic heterocycles. The zero-order valence-electron chi connectivity index (χ0n) is 9.36. The summed E-state index contributed by atoms with van der Waals surface area (Å²) < 4.78 is 31.6. The van der Waals surface area contributed by atoms with E-state index in [2.05, 4.69) is 0 Å². The van der Waals surface area contributed by atoms with Crippen molar-refractivity contribution < 1.29 is 13.5 Å². The van der Waals surface area contributed by atoms with Crippen LogP contribution in [0.15, 0.2) is 42.5 Å². The molecule has 0 radical (unpaired) electrons. The van der Waals surface area contributed by atoms with Crippen molar-refractivity contribution in [3.8, 4) is 11.8 Å². The predicted octanol–water partition coefficient (Wildman–Crippen LogP) is 3.42. The van der Waals surface area contributed by atoms with Gasteiger partial charge in [-0.2, -0.15) is 5.26 Å². The summed E-state index contributed by atoms with van der Waals surface area (Å²) in [5.74, 6) is -1.29. The first-order valence-corrected chi connectivity index (χ1v) is 5.26. The molecule has 2 aromatic carbocycles. The quantitative estimate of drug-likeness (QED) is 0.830. The number of hydrogen-bond acceptors (Lipinski definition) is 2. The second kappa shape index (κ2) is 5.28. The van der Waals surface area contributed by atoms with Crippen LogP contribution in [0.1, 0.15) is 11.1 Å². The molecule has 90 valence electrons. The molecule has 4 heteroatoms. The van der Waals surface area contributed by atoms with Gasteiger partial charge in [0.05, 0.1) is 11.6 Å². The van der Waals surface area contributed by atoms with E-state index in [1.807, 2.05) is 6.07 Å². The van der Waals surface area contributed by atoms with E-state index >= 15 is 0 Å². The van der Waals surface area contributed by atoms with Gasteiger partial charge in [-0.1, -0.05) is 12.1 Å². The first-order chi connectivity index (χ1) is 8.70. The molecule has 2 aromatic rings. The Morgan fingerprint density at radius 3 is 2.44 bits per heavy atom. The molecule has 0 bridgehead atoms. The van der Waals surface area contributed by atoms with Crippen LogP contribution in [-0.2, 0) is 6.61 Å². The van der Waals surface area contributed by atoms with E-state index < -0.39 is 11.6 Å². The van der Waals surface area contributed by atoms with Crippen molar-refractivity contribution in [1.82, 2.24) is 0 Å². The van der Waals surface area contributed by atoms with E-state index in [1.165, 1.54) is 12.1 Å². The molecule has 2 nitrogen and oxygen atoms in total. The van der Waals surface area contributed by atoms with Gasteiger partial charge in [0.25, 0.3) is 0 Å². The van der Waals surface area contributed by atoms with Gasteiger partial charge in [0, 0.05) is 5.56 Å². The van der Waals surface area contributed by atoms with Gasteiger partial charge in [-0.05, 0) is 30.3 Å². The monoisotopic (exact) mass is 245 g/mol. The van der Waals surface area contributed by atoms with Crippen LogP contribution in [0.3, 0.4) is 0 Å². The Morgan fingerprint density at radius 1 is 1.06 bits per heavy atom. The summed E-state index contributed by atoms with van der Waals surface area (Å²) in [6.07, 6.45) is 0. The minimum absolute atomic E-state index is 0.0600. The van der Waals surface area contributed by atoms with Gasteiger partial charge in [-0.25, -0.2) is 8.78 Å². The molecule has 0 unspecified atom stereocenters. The molecule has 0 spiro atoms. The van der Waals surface area contributed by atoms with Gasteiger partial charge in [-0.15, -0.1) is 0 Å². The molecule has 18 heavy (non-hydrogen) atoms. The Hall–Kier alpha value is -2.41. The third kappa shape index (κ3) is 2.64. The number of hydrogen-bond donors (Lipinski definition) is 0. The Balaban J connectivity index is 2.07. The fourth-order valence-corrected chi connectivity index (χ4v) is 1.45. The summed E-state index contributed by atoms with van der Waals surface area (Å²) in [6, 6.07) is 12.3. The summed E-state index contributed by atoms with van der Waals surface area (Å²) in [6.45, 7) is -0.0600. The molecule has 0 saturated carbocycles. The van der Waals surface area contributed by atoms with Crippen molar-refractivity contribution in [2.75, 3.05) is 0 Å². The Labute approximate surface area is 103 Å². The van der Waals surface area contributed by atoms with Crippen molar-refractivity contribution in [1.29, 1.82) is 5.26 Å². The van der Waals surface area contributed by atoms with E-state index in [1.54, 1.807) is 24.3 Å². The fraction of sp³-hybridized carbons (Fsp3) is 0.0714. The van der Waals surface area contributed by atoms with Crippen molar-refractivity contribution in [3.05, 3.63) is 65.2 Å². The first-order valence-electron chi connectivity index (χ1n) is 5.26. The standard InChI is InChI=1S/C14H9F2NO/c15-13-3-1-2-11(14(13)16)9-18-12-6-4-10(8-17)5-7-12/h1-7H,9H2. The van der Waals surface area contributed by atoms with Gasteiger partial charge in [-0.3, -0.25) is 0 Å². The van der Waals surface area contributed by atoms with E-state index in [-0.39, 0.29) is 12.2 Å². The molecular formula is C14H9F2NO. The Bertz CT molecular complexity index is 588. The van der Waals surface area contributed by atoms with E-state index in [0.717, 1.165) is 6.07 Å². The lowest BCUT2D eigenvalue weighted by molar-refractivity contribution is 0.297. The van der Waals surface area contributed by atoms with Gasteiger partial charge in [0.2, 0.25) is 0 Å². The highest BCUT2D eigenvalue weighted by Crippen LogP contribution is 2.16. The number of halogens is 2. The van der Waals surface area contributed by atoms with Crippen molar-refractivity contribution in [3.63, 3.8) is 0 Å². The molecule has 0 fully saturated rings. The van der Waals surface area contributed by atoms with Crippen LogP contribution in [0, 0.1) is 23.0 Å². The molecule has 0 aliphatic carbocycles. The largest absolute Gasteiger partial charge is 0.489 e. The molecular weight excluding hydrogens is 236 g/mol. The second-order valence-electron chi connectivity index (χ2n) is 3.64. The van der Waals surface area contributed by atoms with Gasteiger partial charge in [0.15, 0.2) is 11.6 Å². The smallest absolute Gasteiger partial charge is 0.165 e. The number of ether oxygens (including phenoxy) is 1. The summed E-state index contributed by atoms with van der Waals surface area (Å²) in [5, 5.41) is 8.62. The lowest BCUT2D eigenvalue weighted by atomic mass is 10.2. The number of benzene rings is 2. The van der Waals surface area contributed by atoms with E-state index in [4.69, 9.17) is 10.00 Å². The summed E-state index contributed by atoms with van der Waals surface area (Å²) in [7, 11) is 0. The van der Waals surface area contributed by atoms with Gasteiger partial charge in [0.1, 0.15) is 12.4 Å². The maximum Gasteiger partial charge on any atom is 0.165 e. The molecule has 0 aliphatic rings. The zero-order valence-corrected chi connectivity index (χ0v) is 9.36. The van der Waals surface area contributed by atoms with E-state index in [0.29, 0.717) is 11.3 Å². The summed E-state index contributed by atoms with van der Waals surface area (Å²) >= 11 is 0. The summed E-state index contributed by atoms with van der Waals surface area (Å²) in [4.78, 5) is 0. The Kier molecular flexibility index (Phi) is 3.54. The molecule has 0 saturated heterocycles. The van der Waals surface area contributed by atoms with Gasteiger partial charge < -0.3 is 4.74 Å². The first kappa shape index (κ1) is 12.1. The van der Waals surface area contributed by atoms with Crippen molar-refractivity contribution in [2.24, 2.45) is 0 Å². The SMILES string of the molecule is N#Cc1ccc(OCc2cccc(F)c2F)cc1. The second-order valence-corrected chi connectivity index (χ2v) is 3.64. The van der Waals surface area contributed by atoms with Crippen LogP contribution < -0.4 is 4.74 Å². The molecule has 0 aromatic heterocycles. The third-order valence-corrected chi connectivity index (χ3v) is 2.41. The minimum atomic E-state index is -0.897. The molecule has 2 rings (SSSR count). The summed E-state index contributed by atoms with van der Waals surface area (Å²) in [5.41, 5.74) is 0.665. The maximum absolute atomic E-state index is 13.3. The van der Waals surface area contributed by atoms with Crippen LogP contribution >= 0.6 is 0 Å². The normalized spacial score (nSPS) is 9.83. The average molecular weight is 245 g/mol.